The number of sulfonamides is 1. The molecule has 1 atom stereocenters. The van der Waals surface area contributed by atoms with Crippen LogP contribution in [0.1, 0.15) is 48.9 Å². The molecule has 0 spiro atoms. The normalized spacial score (nSPS) is 11.9. The number of nitrogens with one attached hydrogen (secondary N) is 1. The minimum absolute atomic E-state index is 0.0623. The van der Waals surface area contributed by atoms with Crippen LogP contribution < -0.4 is 19.1 Å². The Morgan fingerprint density at radius 1 is 0.884 bits per heavy atom. The molecule has 0 saturated heterocycles. The summed E-state index contributed by atoms with van der Waals surface area (Å²) in [6.07, 6.45) is 1.73. The third-order valence-electron chi connectivity index (χ3n) is 7.15. The highest BCUT2D eigenvalue weighted by Gasteiger charge is 2.33. The highest BCUT2D eigenvalue weighted by atomic mass is 32.2. The minimum Gasteiger partial charge on any atom is -0.493 e. The standard InChI is InChI=1S/C33H43N3O6S/c1-8-9-15-34-33(38)26(5)35(21-27-12-10-11-23(2)17-27)32(37)22-36(28-18-24(3)16-25(4)19-28)43(39,40)29-13-14-30(41-6)31(20-29)42-7/h10-14,16-20,26H,8-9,15,21-22H2,1-7H3,(H,34,38)/t26-/m1/s1. The molecule has 0 aliphatic carbocycles. The Balaban J connectivity index is 2.08. The van der Waals surface area contributed by atoms with E-state index in [4.69, 9.17) is 9.47 Å². The predicted octanol–water partition coefficient (Wildman–Crippen LogP) is 5.16. The number of unbranched alkanes of at least 4 members (excludes halogenated alkanes) is 1. The number of nitrogens with zero attached hydrogens (tertiary/aromatic N) is 2. The van der Waals surface area contributed by atoms with E-state index in [1.807, 2.05) is 58.0 Å². The fourth-order valence-electron chi connectivity index (χ4n) is 4.85. The lowest BCUT2D eigenvalue weighted by Gasteiger charge is -2.32. The van der Waals surface area contributed by atoms with Crippen LogP contribution >= 0.6 is 0 Å². The van der Waals surface area contributed by atoms with Crippen molar-refractivity contribution in [3.8, 4) is 11.5 Å². The summed E-state index contributed by atoms with van der Waals surface area (Å²) in [5.41, 5.74) is 3.88. The third kappa shape index (κ3) is 8.50. The first kappa shape index (κ1) is 33.5. The van der Waals surface area contributed by atoms with Crippen molar-refractivity contribution in [2.24, 2.45) is 0 Å². The van der Waals surface area contributed by atoms with Gasteiger partial charge in [0.25, 0.3) is 10.0 Å². The first-order valence-corrected chi connectivity index (χ1v) is 15.8. The van der Waals surface area contributed by atoms with Gasteiger partial charge in [-0.05, 0) is 75.1 Å². The van der Waals surface area contributed by atoms with Crippen LogP contribution in [-0.4, -0.2) is 58.5 Å². The highest BCUT2D eigenvalue weighted by molar-refractivity contribution is 7.92. The number of carbonyl (C=O) groups is 2. The van der Waals surface area contributed by atoms with Crippen molar-refractivity contribution in [1.82, 2.24) is 10.2 Å². The van der Waals surface area contributed by atoms with Gasteiger partial charge in [0.05, 0.1) is 24.8 Å². The van der Waals surface area contributed by atoms with E-state index in [-0.39, 0.29) is 23.1 Å². The molecular weight excluding hydrogens is 566 g/mol. The van der Waals surface area contributed by atoms with Gasteiger partial charge in [0.15, 0.2) is 11.5 Å². The second kappa shape index (κ2) is 14.9. The van der Waals surface area contributed by atoms with Crippen LogP contribution in [0.3, 0.4) is 0 Å². The fraction of sp³-hybridized carbons (Fsp3) is 0.394. The van der Waals surface area contributed by atoms with Crippen molar-refractivity contribution < 1.29 is 27.5 Å². The van der Waals surface area contributed by atoms with Crippen LogP contribution in [0.2, 0.25) is 0 Å². The summed E-state index contributed by atoms with van der Waals surface area (Å²) >= 11 is 0. The van der Waals surface area contributed by atoms with E-state index >= 15 is 0 Å². The van der Waals surface area contributed by atoms with Gasteiger partial charge in [-0.15, -0.1) is 0 Å². The molecule has 232 valence electrons. The number of methoxy groups -OCH3 is 2. The van der Waals surface area contributed by atoms with Crippen LogP contribution in [-0.2, 0) is 26.2 Å². The van der Waals surface area contributed by atoms with Crippen molar-refractivity contribution in [3.63, 3.8) is 0 Å². The molecule has 0 fully saturated rings. The molecular formula is C33H43N3O6S. The molecule has 3 aromatic carbocycles. The maximum Gasteiger partial charge on any atom is 0.264 e. The highest BCUT2D eigenvalue weighted by Crippen LogP contribution is 2.33. The van der Waals surface area contributed by atoms with Crippen LogP contribution in [0, 0.1) is 20.8 Å². The van der Waals surface area contributed by atoms with Crippen molar-refractivity contribution >= 4 is 27.5 Å². The minimum atomic E-state index is -4.27. The van der Waals surface area contributed by atoms with Crippen molar-refractivity contribution in [3.05, 3.63) is 82.9 Å². The van der Waals surface area contributed by atoms with E-state index in [0.717, 1.165) is 39.4 Å². The number of carbonyl (C=O) groups excluding carboxylic acids is 2. The molecule has 3 rings (SSSR count). The number of anilines is 1. The van der Waals surface area contributed by atoms with Crippen LogP contribution in [0.15, 0.2) is 65.6 Å². The van der Waals surface area contributed by atoms with E-state index in [1.165, 1.54) is 37.3 Å². The van der Waals surface area contributed by atoms with E-state index in [2.05, 4.69) is 5.32 Å². The van der Waals surface area contributed by atoms with E-state index < -0.39 is 28.5 Å². The topological polar surface area (TPSA) is 105 Å². The van der Waals surface area contributed by atoms with E-state index in [9.17, 15) is 18.0 Å². The Morgan fingerprint density at radius 3 is 2.16 bits per heavy atom. The van der Waals surface area contributed by atoms with Gasteiger partial charge in [0, 0.05) is 19.2 Å². The summed E-state index contributed by atoms with van der Waals surface area (Å²) in [5.74, 6) is -0.186. The summed E-state index contributed by atoms with van der Waals surface area (Å²) in [5, 5.41) is 2.90. The lowest BCUT2D eigenvalue weighted by molar-refractivity contribution is -0.139. The first-order chi connectivity index (χ1) is 20.4. The molecule has 9 nitrogen and oxygen atoms in total. The Kier molecular flexibility index (Phi) is 11.6. The van der Waals surface area contributed by atoms with Gasteiger partial charge in [-0.25, -0.2) is 8.42 Å². The number of amides is 2. The molecule has 0 aliphatic rings. The largest absolute Gasteiger partial charge is 0.493 e. The molecule has 0 unspecified atom stereocenters. The molecule has 0 aromatic heterocycles. The quantitative estimate of drug-likeness (QED) is 0.253. The lowest BCUT2D eigenvalue weighted by Crippen LogP contribution is -2.51. The Labute approximate surface area is 255 Å². The lowest BCUT2D eigenvalue weighted by atomic mass is 10.1. The van der Waals surface area contributed by atoms with Gasteiger partial charge in [0.1, 0.15) is 12.6 Å². The van der Waals surface area contributed by atoms with Gasteiger partial charge in [-0.2, -0.15) is 0 Å². The summed E-state index contributed by atoms with van der Waals surface area (Å²) in [6.45, 7) is 9.50. The third-order valence-corrected chi connectivity index (χ3v) is 8.92. The number of benzene rings is 3. The molecule has 10 heteroatoms. The molecule has 0 radical (unpaired) electrons. The Bertz CT molecular complexity index is 1520. The van der Waals surface area contributed by atoms with E-state index in [1.54, 1.807) is 19.1 Å². The SMILES string of the molecule is CCCCNC(=O)[C@@H](C)N(Cc1cccc(C)c1)C(=O)CN(c1cc(C)cc(C)c1)S(=O)(=O)c1ccc(OC)c(OC)c1. The monoisotopic (exact) mass is 609 g/mol. The maximum atomic E-state index is 14.2. The molecule has 1 N–H and O–H groups in total. The molecule has 2 amide bonds. The average molecular weight is 610 g/mol. The molecule has 3 aromatic rings. The Morgan fingerprint density at radius 2 is 1.56 bits per heavy atom. The molecule has 0 heterocycles. The van der Waals surface area contributed by atoms with Gasteiger partial charge in [-0.3, -0.25) is 13.9 Å². The molecule has 0 bridgehead atoms. The number of aryl methyl sites for hydroxylation is 3. The number of ether oxygens (including phenoxy) is 2. The second-order valence-electron chi connectivity index (χ2n) is 10.7. The van der Waals surface area contributed by atoms with Gasteiger partial charge in [0.2, 0.25) is 11.8 Å². The van der Waals surface area contributed by atoms with Gasteiger partial charge < -0.3 is 19.7 Å². The summed E-state index contributed by atoms with van der Waals surface area (Å²) in [4.78, 5) is 28.7. The number of rotatable bonds is 14. The fourth-order valence-corrected chi connectivity index (χ4v) is 6.27. The van der Waals surface area contributed by atoms with Crippen molar-refractivity contribution in [2.75, 3.05) is 31.6 Å². The average Bonchev–Trinajstić information content (AvgIpc) is 2.97. The Hall–Kier alpha value is -4.05. The number of hydrogen-bond acceptors (Lipinski definition) is 6. The smallest absolute Gasteiger partial charge is 0.264 e. The zero-order chi connectivity index (χ0) is 31.7. The van der Waals surface area contributed by atoms with Gasteiger partial charge >= 0.3 is 0 Å². The molecule has 43 heavy (non-hydrogen) atoms. The van der Waals surface area contributed by atoms with Crippen LogP contribution in [0.5, 0.6) is 11.5 Å². The molecule has 0 aliphatic heterocycles. The zero-order valence-electron chi connectivity index (χ0n) is 26.1. The van der Waals surface area contributed by atoms with Crippen molar-refractivity contribution in [1.29, 1.82) is 0 Å². The van der Waals surface area contributed by atoms with E-state index in [0.29, 0.717) is 18.0 Å². The van der Waals surface area contributed by atoms with Crippen LogP contribution in [0.4, 0.5) is 5.69 Å². The summed E-state index contributed by atoms with van der Waals surface area (Å²) in [7, 11) is -1.37. The van der Waals surface area contributed by atoms with Crippen LogP contribution in [0.25, 0.3) is 0 Å². The maximum absolute atomic E-state index is 14.2. The van der Waals surface area contributed by atoms with Crippen molar-refractivity contribution in [2.45, 2.75) is 64.9 Å². The van der Waals surface area contributed by atoms with Gasteiger partial charge in [-0.1, -0.05) is 49.2 Å². The first-order valence-electron chi connectivity index (χ1n) is 14.4. The predicted molar refractivity (Wildman–Crippen MR) is 169 cm³/mol. The molecule has 0 saturated carbocycles. The summed E-state index contributed by atoms with van der Waals surface area (Å²) in [6, 6.07) is 16.5. The summed E-state index contributed by atoms with van der Waals surface area (Å²) < 4.78 is 40.2. The number of hydrogen-bond donors (Lipinski definition) is 1. The second-order valence-corrected chi connectivity index (χ2v) is 12.6. The zero-order valence-corrected chi connectivity index (χ0v) is 27.0.